The summed E-state index contributed by atoms with van der Waals surface area (Å²) in [4.78, 5) is 13.1. The van der Waals surface area contributed by atoms with Crippen molar-refractivity contribution in [3.8, 4) is 0 Å². The first-order valence-electron chi connectivity index (χ1n) is 9.79. The summed E-state index contributed by atoms with van der Waals surface area (Å²) in [5, 5.41) is 10.7. The number of anilines is 1. The zero-order valence-electron chi connectivity index (χ0n) is 16.4. The molecule has 1 atom stereocenters. The van der Waals surface area contributed by atoms with Gasteiger partial charge in [-0.3, -0.25) is 10.2 Å². The molecule has 0 aromatic heterocycles. The third kappa shape index (κ3) is 5.59. The smallest absolute Gasteiger partial charge is 0.242 e. The standard InChI is InChI=1S/C21H25ClN4O3S/c22-16-8-12-18(13-9-16)30(28,29)26-19(14-4-2-1-3-5-14)21(27)25-17-10-6-15(7-11-17)20(23)24/h6-14,19,26H,1-5H2,(H3,23,24)(H,25,27)/t19-/m1/s1. The van der Waals surface area contributed by atoms with Gasteiger partial charge in [0, 0.05) is 16.3 Å². The van der Waals surface area contributed by atoms with Gasteiger partial charge in [0.15, 0.2) is 0 Å². The van der Waals surface area contributed by atoms with Crippen LogP contribution in [-0.2, 0) is 14.8 Å². The lowest BCUT2D eigenvalue weighted by Crippen LogP contribution is -2.48. The van der Waals surface area contributed by atoms with E-state index in [1.165, 1.54) is 24.3 Å². The molecule has 160 valence electrons. The van der Waals surface area contributed by atoms with Crippen LogP contribution in [0.1, 0.15) is 37.7 Å². The summed E-state index contributed by atoms with van der Waals surface area (Å²) in [6.45, 7) is 0. The maximum absolute atomic E-state index is 13.1. The molecule has 5 N–H and O–H groups in total. The Morgan fingerprint density at radius 2 is 1.63 bits per heavy atom. The zero-order chi connectivity index (χ0) is 21.7. The molecular weight excluding hydrogens is 424 g/mol. The Kier molecular flexibility index (Phi) is 7.12. The van der Waals surface area contributed by atoms with Gasteiger partial charge < -0.3 is 11.1 Å². The van der Waals surface area contributed by atoms with Gasteiger partial charge in [0.05, 0.1) is 4.90 Å². The fourth-order valence-electron chi connectivity index (χ4n) is 3.63. The largest absolute Gasteiger partial charge is 0.384 e. The van der Waals surface area contributed by atoms with Crippen molar-refractivity contribution in [1.29, 1.82) is 5.41 Å². The molecule has 9 heteroatoms. The Hall–Kier alpha value is -2.42. The quantitative estimate of drug-likeness (QED) is 0.382. The monoisotopic (exact) mass is 448 g/mol. The van der Waals surface area contributed by atoms with Crippen LogP contribution >= 0.6 is 11.6 Å². The summed E-state index contributed by atoms with van der Waals surface area (Å²) in [6, 6.07) is 11.5. The number of rotatable bonds is 7. The fraction of sp³-hybridized carbons (Fsp3) is 0.333. The van der Waals surface area contributed by atoms with Crippen LogP contribution in [0.15, 0.2) is 53.4 Å². The second kappa shape index (κ2) is 9.59. The third-order valence-electron chi connectivity index (χ3n) is 5.27. The molecule has 3 rings (SSSR count). The highest BCUT2D eigenvalue weighted by Gasteiger charge is 2.33. The molecule has 7 nitrogen and oxygen atoms in total. The summed E-state index contributed by atoms with van der Waals surface area (Å²) in [6.07, 6.45) is 4.57. The summed E-state index contributed by atoms with van der Waals surface area (Å²) in [7, 11) is -3.89. The second-order valence-electron chi connectivity index (χ2n) is 7.43. The van der Waals surface area contributed by atoms with E-state index in [-0.39, 0.29) is 16.6 Å². The number of carbonyl (C=O) groups excluding carboxylic acids is 1. The van der Waals surface area contributed by atoms with Crippen LogP contribution < -0.4 is 15.8 Å². The first-order chi connectivity index (χ1) is 14.3. The van der Waals surface area contributed by atoms with Crippen LogP contribution in [0.2, 0.25) is 5.02 Å². The SMILES string of the molecule is N=C(N)c1ccc(NC(=O)[C@H](NS(=O)(=O)c2ccc(Cl)cc2)C2CCCCC2)cc1. The second-order valence-corrected chi connectivity index (χ2v) is 9.58. The van der Waals surface area contributed by atoms with Crippen molar-refractivity contribution in [2.24, 2.45) is 11.7 Å². The highest BCUT2D eigenvalue weighted by Crippen LogP contribution is 2.28. The molecule has 30 heavy (non-hydrogen) atoms. The van der Waals surface area contributed by atoms with Crippen molar-refractivity contribution in [2.75, 3.05) is 5.32 Å². The van der Waals surface area contributed by atoms with E-state index >= 15 is 0 Å². The molecule has 0 unspecified atom stereocenters. The van der Waals surface area contributed by atoms with E-state index in [0.29, 0.717) is 16.3 Å². The summed E-state index contributed by atoms with van der Waals surface area (Å²) >= 11 is 5.86. The van der Waals surface area contributed by atoms with Crippen LogP contribution in [-0.4, -0.2) is 26.2 Å². The Bertz CT molecular complexity index is 1000. The van der Waals surface area contributed by atoms with Gasteiger partial charge in [-0.1, -0.05) is 30.9 Å². The van der Waals surface area contributed by atoms with Gasteiger partial charge in [-0.05, 0) is 67.3 Å². The minimum absolute atomic E-state index is 0.0614. The molecular formula is C21H25ClN4O3S. The number of carbonyl (C=O) groups is 1. The first-order valence-corrected chi connectivity index (χ1v) is 11.7. The van der Waals surface area contributed by atoms with Crippen molar-refractivity contribution in [2.45, 2.75) is 43.0 Å². The van der Waals surface area contributed by atoms with E-state index in [2.05, 4.69) is 10.0 Å². The average Bonchev–Trinajstić information content (AvgIpc) is 2.73. The number of nitrogens with two attached hydrogens (primary N) is 1. The van der Waals surface area contributed by atoms with E-state index in [9.17, 15) is 13.2 Å². The molecule has 1 saturated carbocycles. The molecule has 1 fully saturated rings. The number of hydrogen-bond acceptors (Lipinski definition) is 4. The minimum atomic E-state index is -3.89. The molecule has 0 bridgehead atoms. The van der Waals surface area contributed by atoms with Gasteiger partial charge in [-0.25, -0.2) is 8.42 Å². The Morgan fingerprint density at radius 1 is 1.03 bits per heavy atom. The molecule has 0 saturated heterocycles. The number of amidine groups is 1. The van der Waals surface area contributed by atoms with Crippen molar-refractivity contribution in [3.63, 3.8) is 0 Å². The van der Waals surface area contributed by atoms with Crippen molar-refractivity contribution in [3.05, 3.63) is 59.1 Å². The van der Waals surface area contributed by atoms with Crippen LogP contribution in [0.25, 0.3) is 0 Å². The maximum atomic E-state index is 13.1. The van der Waals surface area contributed by atoms with Crippen molar-refractivity contribution < 1.29 is 13.2 Å². The van der Waals surface area contributed by atoms with E-state index in [4.69, 9.17) is 22.7 Å². The van der Waals surface area contributed by atoms with Gasteiger partial charge in [-0.2, -0.15) is 4.72 Å². The predicted molar refractivity (Wildman–Crippen MR) is 118 cm³/mol. The summed E-state index contributed by atoms with van der Waals surface area (Å²) in [5.41, 5.74) is 6.51. The van der Waals surface area contributed by atoms with Crippen LogP contribution in [0.5, 0.6) is 0 Å². The molecule has 2 aromatic carbocycles. The Morgan fingerprint density at radius 3 is 2.20 bits per heavy atom. The topological polar surface area (TPSA) is 125 Å². The van der Waals surface area contributed by atoms with Gasteiger partial charge in [-0.15, -0.1) is 0 Å². The third-order valence-corrected chi connectivity index (χ3v) is 6.98. The molecule has 0 aliphatic heterocycles. The van der Waals surface area contributed by atoms with Crippen molar-refractivity contribution >= 4 is 39.1 Å². The average molecular weight is 449 g/mol. The zero-order valence-corrected chi connectivity index (χ0v) is 18.0. The molecule has 1 aliphatic carbocycles. The van der Waals surface area contributed by atoms with Crippen LogP contribution in [0, 0.1) is 11.3 Å². The maximum Gasteiger partial charge on any atom is 0.242 e. The van der Waals surface area contributed by atoms with E-state index in [0.717, 1.165) is 32.1 Å². The fourth-order valence-corrected chi connectivity index (χ4v) is 5.02. The number of halogens is 1. The summed E-state index contributed by atoms with van der Waals surface area (Å²) < 4.78 is 28.4. The lowest BCUT2D eigenvalue weighted by Gasteiger charge is -2.30. The number of benzene rings is 2. The van der Waals surface area contributed by atoms with Gasteiger partial charge in [0.1, 0.15) is 11.9 Å². The van der Waals surface area contributed by atoms with E-state index in [1.54, 1.807) is 24.3 Å². The predicted octanol–water partition coefficient (Wildman–Crippen LogP) is 3.49. The van der Waals surface area contributed by atoms with E-state index in [1.807, 2.05) is 0 Å². The lowest BCUT2D eigenvalue weighted by molar-refractivity contribution is -0.119. The lowest BCUT2D eigenvalue weighted by atomic mass is 9.84. The van der Waals surface area contributed by atoms with Gasteiger partial charge in [0.2, 0.25) is 15.9 Å². The molecule has 1 amide bonds. The Balaban J connectivity index is 1.81. The van der Waals surface area contributed by atoms with Gasteiger partial charge >= 0.3 is 0 Å². The molecule has 0 spiro atoms. The van der Waals surface area contributed by atoms with Crippen LogP contribution in [0.4, 0.5) is 5.69 Å². The Labute approximate surface area is 181 Å². The van der Waals surface area contributed by atoms with Gasteiger partial charge in [0.25, 0.3) is 0 Å². The van der Waals surface area contributed by atoms with E-state index < -0.39 is 22.0 Å². The number of nitrogen functional groups attached to an aromatic ring is 1. The normalized spacial score (nSPS) is 16.0. The number of nitrogens with one attached hydrogen (secondary N) is 3. The highest BCUT2D eigenvalue weighted by molar-refractivity contribution is 7.89. The minimum Gasteiger partial charge on any atom is -0.384 e. The van der Waals surface area contributed by atoms with Crippen molar-refractivity contribution in [1.82, 2.24) is 4.72 Å². The molecule has 0 heterocycles. The summed E-state index contributed by atoms with van der Waals surface area (Å²) in [5.74, 6) is -0.559. The first kappa shape index (κ1) is 22.3. The molecule has 2 aromatic rings. The van der Waals surface area contributed by atoms with Crippen LogP contribution in [0.3, 0.4) is 0 Å². The number of hydrogen-bond donors (Lipinski definition) is 4. The number of sulfonamides is 1. The highest BCUT2D eigenvalue weighted by atomic mass is 35.5. The molecule has 1 aliphatic rings. The number of amides is 1. The molecule has 0 radical (unpaired) electrons.